The second kappa shape index (κ2) is 7.45. The van der Waals surface area contributed by atoms with Gasteiger partial charge in [0.25, 0.3) is 0 Å². The first-order valence-electron chi connectivity index (χ1n) is 8.44. The average Bonchev–Trinajstić information content (AvgIpc) is 3.22. The van der Waals surface area contributed by atoms with E-state index < -0.39 is 0 Å². The second-order valence-electron chi connectivity index (χ2n) is 6.27. The lowest BCUT2D eigenvalue weighted by molar-refractivity contribution is -0.0580. The standard InChI is InChI=1S/C20H22O4/c1-3-7-15(8-4-1)11-21-17-13-23-20-18(14-24-19(17)20)22-12-16-9-5-2-6-10-16/h1-10,17-20H,11-14H2/t17-,18?,19+,20+/m0/s1. The molecule has 0 bridgehead atoms. The van der Waals surface area contributed by atoms with Gasteiger partial charge in [-0.25, -0.2) is 0 Å². The second-order valence-corrected chi connectivity index (χ2v) is 6.27. The number of fused-ring (bicyclic) bond motifs is 1. The van der Waals surface area contributed by atoms with Crippen molar-refractivity contribution < 1.29 is 18.9 Å². The van der Waals surface area contributed by atoms with Crippen LogP contribution in [-0.4, -0.2) is 37.6 Å². The highest BCUT2D eigenvalue weighted by Gasteiger charge is 2.48. The lowest BCUT2D eigenvalue weighted by Gasteiger charge is -2.17. The molecule has 0 aliphatic carbocycles. The fraction of sp³-hybridized carbons (Fsp3) is 0.400. The molecule has 0 aromatic heterocycles. The number of ether oxygens (including phenoxy) is 4. The zero-order valence-corrected chi connectivity index (χ0v) is 13.5. The van der Waals surface area contributed by atoms with Gasteiger partial charge in [0.1, 0.15) is 24.4 Å². The van der Waals surface area contributed by atoms with Gasteiger partial charge < -0.3 is 18.9 Å². The highest BCUT2D eigenvalue weighted by molar-refractivity contribution is 5.14. The number of hydrogen-bond donors (Lipinski definition) is 0. The van der Waals surface area contributed by atoms with Crippen LogP contribution in [0.1, 0.15) is 11.1 Å². The number of benzene rings is 2. The van der Waals surface area contributed by atoms with Crippen molar-refractivity contribution in [1.29, 1.82) is 0 Å². The van der Waals surface area contributed by atoms with E-state index in [4.69, 9.17) is 18.9 Å². The molecule has 2 fully saturated rings. The summed E-state index contributed by atoms with van der Waals surface area (Å²) in [7, 11) is 0. The fourth-order valence-electron chi connectivity index (χ4n) is 3.27. The Labute approximate surface area is 142 Å². The van der Waals surface area contributed by atoms with E-state index in [1.54, 1.807) is 0 Å². The molecule has 24 heavy (non-hydrogen) atoms. The summed E-state index contributed by atoms with van der Waals surface area (Å²) in [6, 6.07) is 20.4. The maximum absolute atomic E-state index is 6.01. The van der Waals surface area contributed by atoms with Gasteiger partial charge in [0.05, 0.1) is 26.4 Å². The van der Waals surface area contributed by atoms with Gasteiger partial charge in [-0.05, 0) is 11.1 Å². The van der Waals surface area contributed by atoms with Gasteiger partial charge >= 0.3 is 0 Å². The Hall–Kier alpha value is -1.72. The summed E-state index contributed by atoms with van der Waals surface area (Å²) in [6.07, 6.45) is -0.120. The highest BCUT2D eigenvalue weighted by atomic mass is 16.6. The SMILES string of the molecule is c1ccc(COC2CO[C@@H]3[C@@H](OCc4ccccc4)CO[C@H]23)cc1. The maximum atomic E-state index is 6.01. The molecule has 2 aliphatic rings. The monoisotopic (exact) mass is 326 g/mol. The Bertz CT molecular complexity index is 573. The molecular formula is C20H22O4. The molecule has 1 unspecified atom stereocenters. The van der Waals surface area contributed by atoms with Crippen LogP contribution in [-0.2, 0) is 32.2 Å². The molecule has 0 radical (unpaired) electrons. The zero-order chi connectivity index (χ0) is 16.2. The van der Waals surface area contributed by atoms with E-state index in [0.717, 1.165) is 11.1 Å². The third kappa shape index (κ3) is 3.52. The van der Waals surface area contributed by atoms with Crippen LogP contribution in [0.5, 0.6) is 0 Å². The predicted molar refractivity (Wildman–Crippen MR) is 89.5 cm³/mol. The van der Waals surface area contributed by atoms with E-state index in [1.165, 1.54) is 0 Å². The fourth-order valence-corrected chi connectivity index (χ4v) is 3.27. The minimum absolute atomic E-state index is 0.0273. The largest absolute Gasteiger partial charge is 0.370 e. The van der Waals surface area contributed by atoms with Gasteiger partial charge in [0.2, 0.25) is 0 Å². The van der Waals surface area contributed by atoms with Gasteiger partial charge in [0.15, 0.2) is 0 Å². The van der Waals surface area contributed by atoms with Gasteiger partial charge in [-0.1, -0.05) is 60.7 Å². The molecule has 4 rings (SSSR count). The predicted octanol–water partition coefficient (Wildman–Crippen LogP) is 2.95. The molecule has 4 nitrogen and oxygen atoms in total. The van der Waals surface area contributed by atoms with Crippen LogP contribution in [0.3, 0.4) is 0 Å². The van der Waals surface area contributed by atoms with Crippen molar-refractivity contribution in [2.45, 2.75) is 37.6 Å². The molecule has 126 valence electrons. The van der Waals surface area contributed by atoms with Crippen LogP contribution in [0, 0.1) is 0 Å². The summed E-state index contributed by atoms with van der Waals surface area (Å²) in [5.41, 5.74) is 2.33. The minimum Gasteiger partial charge on any atom is -0.370 e. The Morgan fingerprint density at radius 1 is 0.667 bits per heavy atom. The number of hydrogen-bond acceptors (Lipinski definition) is 4. The quantitative estimate of drug-likeness (QED) is 0.818. The van der Waals surface area contributed by atoms with Crippen LogP contribution < -0.4 is 0 Å². The molecule has 4 atom stereocenters. The van der Waals surface area contributed by atoms with E-state index >= 15 is 0 Å². The van der Waals surface area contributed by atoms with Crippen molar-refractivity contribution in [2.75, 3.05) is 13.2 Å². The lowest BCUT2D eigenvalue weighted by Crippen LogP contribution is -2.34. The van der Waals surface area contributed by atoms with E-state index in [-0.39, 0.29) is 24.4 Å². The first-order chi connectivity index (χ1) is 11.9. The number of rotatable bonds is 6. The van der Waals surface area contributed by atoms with Crippen molar-refractivity contribution in [3.63, 3.8) is 0 Å². The van der Waals surface area contributed by atoms with Gasteiger partial charge in [-0.2, -0.15) is 0 Å². The normalized spacial score (nSPS) is 28.8. The molecule has 0 amide bonds. The zero-order valence-electron chi connectivity index (χ0n) is 13.5. The smallest absolute Gasteiger partial charge is 0.115 e. The van der Waals surface area contributed by atoms with E-state index in [1.807, 2.05) is 36.4 Å². The van der Waals surface area contributed by atoms with Crippen LogP contribution >= 0.6 is 0 Å². The highest BCUT2D eigenvalue weighted by Crippen LogP contribution is 2.31. The first kappa shape index (κ1) is 15.8. The molecule has 2 aromatic rings. The van der Waals surface area contributed by atoms with Crippen LogP contribution in [0.15, 0.2) is 60.7 Å². The maximum Gasteiger partial charge on any atom is 0.115 e. The molecule has 0 spiro atoms. The minimum atomic E-state index is -0.0329. The van der Waals surface area contributed by atoms with Gasteiger partial charge in [-0.15, -0.1) is 0 Å². The van der Waals surface area contributed by atoms with Gasteiger partial charge in [-0.3, -0.25) is 0 Å². The average molecular weight is 326 g/mol. The molecule has 4 heteroatoms. The first-order valence-corrected chi connectivity index (χ1v) is 8.44. The topological polar surface area (TPSA) is 36.9 Å². The summed E-state index contributed by atoms with van der Waals surface area (Å²) >= 11 is 0. The molecule has 0 N–H and O–H groups in total. The molecule has 2 aromatic carbocycles. The van der Waals surface area contributed by atoms with Crippen LogP contribution in [0.2, 0.25) is 0 Å². The molecule has 2 aliphatic heterocycles. The van der Waals surface area contributed by atoms with Gasteiger partial charge in [0, 0.05) is 0 Å². The van der Waals surface area contributed by atoms with Crippen molar-refractivity contribution >= 4 is 0 Å². The summed E-state index contributed by atoms with van der Waals surface area (Å²) in [4.78, 5) is 0. The van der Waals surface area contributed by atoms with Crippen LogP contribution in [0.25, 0.3) is 0 Å². The van der Waals surface area contributed by atoms with E-state index in [9.17, 15) is 0 Å². The Balaban J connectivity index is 1.29. The Morgan fingerprint density at radius 2 is 1.08 bits per heavy atom. The summed E-state index contributed by atoms with van der Waals surface area (Å²) in [5.74, 6) is 0. The van der Waals surface area contributed by atoms with Crippen molar-refractivity contribution in [3.8, 4) is 0 Å². The van der Waals surface area contributed by atoms with Crippen molar-refractivity contribution in [3.05, 3.63) is 71.8 Å². The van der Waals surface area contributed by atoms with E-state index in [2.05, 4.69) is 24.3 Å². The summed E-state index contributed by atoms with van der Waals surface area (Å²) < 4.78 is 23.8. The van der Waals surface area contributed by atoms with Crippen LogP contribution in [0.4, 0.5) is 0 Å². The van der Waals surface area contributed by atoms with Crippen molar-refractivity contribution in [2.24, 2.45) is 0 Å². The van der Waals surface area contributed by atoms with E-state index in [0.29, 0.717) is 26.4 Å². The molecule has 2 heterocycles. The third-order valence-electron chi connectivity index (χ3n) is 4.58. The summed E-state index contributed by atoms with van der Waals surface area (Å²) in [5, 5.41) is 0. The van der Waals surface area contributed by atoms with Crippen molar-refractivity contribution in [1.82, 2.24) is 0 Å². The molecule has 2 saturated heterocycles. The molecular weight excluding hydrogens is 304 g/mol. The summed E-state index contributed by atoms with van der Waals surface area (Å²) in [6.45, 7) is 2.29. The molecule has 0 saturated carbocycles. The lowest BCUT2D eigenvalue weighted by atomic mass is 10.1. The Kier molecular flexibility index (Phi) is 4.90. The Morgan fingerprint density at radius 3 is 1.50 bits per heavy atom. The third-order valence-corrected chi connectivity index (χ3v) is 4.58.